The minimum Gasteiger partial charge on any atom is -0.340 e. The number of nitrogens with zero attached hydrogens (tertiary/aromatic N) is 1. The Hall–Kier alpha value is -1.90. The summed E-state index contributed by atoms with van der Waals surface area (Å²) < 4.78 is 0. The summed E-state index contributed by atoms with van der Waals surface area (Å²) in [7, 11) is 0. The molecule has 0 aromatic carbocycles. The second-order valence-electron chi connectivity index (χ2n) is 3.40. The predicted octanol–water partition coefficient (Wildman–Crippen LogP) is 3.58. The third-order valence-electron chi connectivity index (χ3n) is 2.15. The zero-order valence-corrected chi connectivity index (χ0v) is 10.9. The molecule has 3 heteroatoms. The van der Waals surface area contributed by atoms with Crippen LogP contribution in [0.2, 0.25) is 0 Å². The van der Waals surface area contributed by atoms with Gasteiger partial charge < -0.3 is 10.7 Å². The van der Waals surface area contributed by atoms with Crippen molar-refractivity contribution in [2.75, 3.05) is 0 Å². The predicted molar refractivity (Wildman–Crippen MR) is 76.5 cm³/mol. The van der Waals surface area contributed by atoms with Crippen LogP contribution in [0.1, 0.15) is 27.2 Å². The molecule has 0 saturated carbocycles. The van der Waals surface area contributed by atoms with Gasteiger partial charge in [-0.05, 0) is 38.0 Å². The van der Waals surface area contributed by atoms with Gasteiger partial charge in [-0.1, -0.05) is 26.2 Å². The quantitative estimate of drug-likeness (QED) is 0.409. The van der Waals surface area contributed by atoms with Gasteiger partial charge in [-0.3, -0.25) is 0 Å². The average molecular weight is 231 g/mol. The van der Waals surface area contributed by atoms with Gasteiger partial charge in [-0.15, -0.1) is 0 Å². The molecule has 0 heterocycles. The number of rotatable bonds is 6. The van der Waals surface area contributed by atoms with Crippen LogP contribution in [0.3, 0.4) is 0 Å². The van der Waals surface area contributed by atoms with E-state index in [1.165, 1.54) is 6.20 Å². The standard InChI is InChI=1S/C14H21N3/c1-6-10-14(16-9-4)17-13(8-3)12(7-2)11(5)15/h6,8-10,15H,3-4,7H2,1-2,5H3,(H,16,17)/b10-6-,13-12-,15-11?. The van der Waals surface area contributed by atoms with Crippen LogP contribution in [0, 0.1) is 5.41 Å². The maximum atomic E-state index is 7.71. The largest absolute Gasteiger partial charge is 0.340 e. The van der Waals surface area contributed by atoms with E-state index in [0.717, 1.165) is 17.7 Å². The van der Waals surface area contributed by atoms with Gasteiger partial charge in [0.05, 0.1) is 0 Å². The Morgan fingerprint density at radius 2 is 2.06 bits per heavy atom. The van der Waals surface area contributed by atoms with E-state index >= 15 is 0 Å². The number of amidine groups is 1. The Morgan fingerprint density at radius 3 is 2.41 bits per heavy atom. The van der Waals surface area contributed by atoms with Gasteiger partial charge >= 0.3 is 0 Å². The van der Waals surface area contributed by atoms with Gasteiger partial charge in [0, 0.05) is 17.6 Å². The van der Waals surface area contributed by atoms with Crippen molar-refractivity contribution >= 4 is 11.5 Å². The number of aliphatic imine (C=N–C) groups is 1. The second-order valence-corrected chi connectivity index (χ2v) is 3.40. The minimum atomic E-state index is 0.535. The fraction of sp³-hybridized carbons (Fsp3) is 0.286. The smallest absolute Gasteiger partial charge is 0.129 e. The van der Waals surface area contributed by atoms with Crippen LogP contribution in [0.5, 0.6) is 0 Å². The topological polar surface area (TPSA) is 48.2 Å². The van der Waals surface area contributed by atoms with Crippen LogP contribution in [-0.2, 0) is 0 Å². The maximum Gasteiger partial charge on any atom is 0.129 e. The first-order valence-corrected chi connectivity index (χ1v) is 5.60. The van der Waals surface area contributed by atoms with E-state index in [4.69, 9.17) is 5.41 Å². The van der Waals surface area contributed by atoms with Crippen molar-refractivity contribution in [1.29, 1.82) is 5.41 Å². The molecular formula is C14H21N3. The normalized spacial score (nSPS) is 13.2. The Bertz CT molecular complexity index is 384. The van der Waals surface area contributed by atoms with Gasteiger partial charge in [-0.25, -0.2) is 4.99 Å². The van der Waals surface area contributed by atoms with E-state index in [9.17, 15) is 0 Å². The fourth-order valence-electron chi connectivity index (χ4n) is 1.42. The molecule has 0 aromatic heterocycles. The lowest BCUT2D eigenvalue weighted by Crippen LogP contribution is -2.22. The summed E-state index contributed by atoms with van der Waals surface area (Å²) in [6.45, 7) is 13.0. The van der Waals surface area contributed by atoms with Crippen molar-refractivity contribution in [1.82, 2.24) is 5.32 Å². The van der Waals surface area contributed by atoms with Crippen LogP contribution in [0.25, 0.3) is 0 Å². The molecule has 0 bridgehead atoms. The zero-order chi connectivity index (χ0) is 13.3. The summed E-state index contributed by atoms with van der Waals surface area (Å²) in [5.74, 6) is 0.685. The number of allylic oxidation sites excluding steroid dienone is 3. The highest BCUT2D eigenvalue weighted by atomic mass is 15.0. The lowest BCUT2D eigenvalue weighted by molar-refractivity contribution is 1.06. The van der Waals surface area contributed by atoms with Crippen molar-refractivity contribution in [3.8, 4) is 0 Å². The molecule has 0 fully saturated rings. The van der Waals surface area contributed by atoms with Gasteiger partial charge in [-0.2, -0.15) is 0 Å². The summed E-state index contributed by atoms with van der Waals surface area (Å²) in [5, 5.41) is 10.9. The fourth-order valence-corrected chi connectivity index (χ4v) is 1.42. The molecule has 0 spiro atoms. The van der Waals surface area contributed by atoms with Crippen molar-refractivity contribution in [2.24, 2.45) is 4.99 Å². The molecule has 3 nitrogen and oxygen atoms in total. The van der Waals surface area contributed by atoms with Crippen LogP contribution in [-0.4, -0.2) is 11.5 Å². The first-order chi connectivity index (χ1) is 8.10. The summed E-state index contributed by atoms with van der Waals surface area (Å²) >= 11 is 0. The molecule has 17 heavy (non-hydrogen) atoms. The summed E-state index contributed by atoms with van der Waals surface area (Å²) in [6.07, 6.45) is 7.70. The van der Waals surface area contributed by atoms with E-state index in [1.807, 2.05) is 26.0 Å². The van der Waals surface area contributed by atoms with Crippen LogP contribution >= 0.6 is 0 Å². The van der Waals surface area contributed by atoms with Crippen LogP contribution in [0.15, 0.2) is 53.8 Å². The van der Waals surface area contributed by atoms with Crippen LogP contribution in [0.4, 0.5) is 0 Å². The second kappa shape index (κ2) is 8.28. The third-order valence-corrected chi connectivity index (χ3v) is 2.15. The maximum absolute atomic E-state index is 7.71. The Labute approximate surface area is 104 Å². The van der Waals surface area contributed by atoms with Gasteiger partial charge in [0.1, 0.15) is 5.84 Å². The van der Waals surface area contributed by atoms with E-state index in [1.54, 1.807) is 13.0 Å². The van der Waals surface area contributed by atoms with Crippen LogP contribution < -0.4 is 5.32 Å². The van der Waals surface area contributed by atoms with Crippen molar-refractivity contribution in [3.05, 3.63) is 48.9 Å². The SMILES string of the molecule is C=CN=C(/C=C\C)N/C(C=C)=C(/CC)C(C)=N. The molecular weight excluding hydrogens is 210 g/mol. The molecule has 0 amide bonds. The lowest BCUT2D eigenvalue weighted by Gasteiger charge is -2.12. The molecule has 0 aromatic rings. The number of nitrogens with one attached hydrogen (secondary N) is 2. The average Bonchev–Trinajstić information content (AvgIpc) is 2.28. The third kappa shape index (κ3) is 5.11. The highest BCUT2D eigenvalue weighted by Crippen LogP contribution is 2.09. The molecule has 92 valence electrons. The minimum absolute atomic E-state index is 0.535. The van der Waals surface area contributed by atoms with Crippen molar-refractivity contribution in [3.63, 3.8) is 0 Å². The number of hydrogen-bond donors (Lipinski definition) is 2. The van der Waals surface area contributed by atoms with Gasteiger partial charge in [0.15, 0.2) is 0 Å². The molecule has 0 aliphatic carbocycles. The van der Waals surface area contributed by atoms with Gasteiger partial charge in [0.25, 0.3) is 0 Å². The molecule has 0 radical (unpaired) electrons. The summed E-state index contributed by atoms with van der Waals surface area (Å²) in [4.78, 5) is 4.11. The zero-order valence-electron chi connectivity index (χ0n) is 10.9. The lowest BCUT2D eigenvalue weighted by atomic mass is 10.1. The number of hydrogen-bond acceptors (Lipinski definition) is 2. The highest BCUT2D eigenvalue weighted by Gasteiger charge is 2.05. The van der Waals surface area contributed by atoms with Crippen molar-refractivity contribution in [2.45, 2.75) is 27.2 Å². The first kappa shape index (κ1) is 15.1. The molecule has 0 atom stereocenters. The summed E-state index contributed by atoms with van der Waals surface area (Å²) in [6, 6.07) is 0. The Kier molecular flexibility index (Phi) is 7.35. The Balaban J connectivity index is 5.28. The monoisotopic (exact) mass is 231 g/mol. The van der Waals surface area contributed by atoms with E-state index in [-0.39, 0.29) is 0 Å². The highest BCUT2D eigenvalue weighted by molar-refractivity contribution is 5.99. The molecule has 0 aliphatic heterocycles. The molecule has 0 unspecified atom stereocenters. The Morgan fingerprint density at radius 1 is 1.41 bits per heavy atom. The molecule has 0 rings (SSSR count). The van der Waals surface area contributed by atoms with E-state index < -0.39 is 0 Å². The van der Waals surface area contributed by atoms with Gasteiger partial charge in [0.2, 0.25) is 0 Å². The molecule has 0 saturated heterocycles. The summed E-state index contributed by atoms with van der Waals surface area (Å²) in [5.41, 5.74) is 2.29. The molecule has 2 N–H and O–H groups in total. The van der Waals surface area contributed by atoms with E-state index in [2.05, 4.69) is 23.5 Å². The van der Waals surface area contributed by atoms with Crippen molar-refractivity contribution < 1.29 is 0 Å². The first-order valence-electron chi connectivity index (χ1n) is 5.60. The molecule has 0 aliphatic rings. The van der Waals surface area contributed by atoms with E-state index in [0.29, 0.717) is 11.5 Å².